The highest BCUT2D eigenvalue weighted by Gasteiger charge is 2.49. The number of hydrogen-bond donors (Lipinski definition) is 5. The number of rotatable bonds is 4. The van der Waals surface area contributed by atoms with E-state index in [-0.39, 0.29) is 25.5 Å². The van der Waals surface area contributed by atoms with Crippen molar-refractivity contribution >= 4 is 5.91 Å². The molecule has 1 amide bonds. The lowest BCUT2D eigenvalue weighted by Gasteiger charge is -2.47. The summed E-state index contributed by atoms with van der Waals surface area (Å²) >= 11 is 0. The molecule has 0 aromatic heterocycles. The molecule has 7 unspecified atom stereocenters. The predicted octanol–water partition coefficient (Wildman–Crippen LogP) is -2.44. The fourth-order valence-corrected chi connectivity index (χ4v) is 5.22. The first-order valence-corrected chi connectivity index (χ1v) is 10.7. The molecule has 172 valence electrons. The second-order valence-electron chi connectivity index (χ2n) is 8.88. The van der Waals surface area contributed by atoms with Crippen molar-refractivity contribution in [3.05, 3.63) is 0 Å². The van der Waals surface area contributed by atoms with E-state index in [4.69, 9.17) is 5.73 Å². The maximum Gasteiger partial charge on any atom is 0.244 e. The first kappa shape index (κ1) is 22.2. The highest BCUT2D eigenvalue weighted by Crippen LogP contribution is 2.27. The van der Waals surface area contributed by atoms with Crippen LogP contribution in [0, 0.1) is 11.8 Å². The number of nitrogens with zero attached hydrogens (tertiary/aromatic N) is 3. The van der Waals surface area contributed by atoms with E-state index >= 15 is 0 Å². The van der Waals surface area contributed by atoms with Crippen molar-refractivity contribution in [2.45, 2.75) is 37.0 Å². The molecule has 6 N–H and O–H groups in total. The average Bonchev–Trinajstić information content (AvgIpc) is 3.03. The maximum absolute atomic E-state index is 13.9. The van der Waals surface area contributed by atoms with Crippen LogP contribution in [-0.4, -0.2) is 117 Å². The zero-order valence-corrected chi connectivity index (χ0v) is 17.2. The Morgan fingerprint density at radius 1 is 1.17 bits per heavy atom. The Kier molecular flexibility index (Phi) is 6.82. The summed E-state index contributed by atoms with van der Waals surface area (Å²) in [5, 5.41) is 10.7. The Hall–Kier alpha value is -1.02. The molecule has 0 aromatic carbocycles. The number of halogens is 3. The van der Waals surface area contributed by atoms with Crippen molar-refractivity contribution in [3.63, 3.8) is 0 Å². The van der Waals surface area contributed by atoms with E-state index in [9.17, 15) is 18.0 Å². The zero-order chi connectivity index (χ0) is 21.4. The minimum absolute atomic E-state index is 0.150. The Morgan fingerprint density at radius 2 is 1.90 bits per heavy atom. The molecule has 0 saturated carbocycles. The van der Waals surface area contributed by atoms with Gasteiger partial charge in [0.25, 0.3) is 0 Å². The van der Waals surface area contributed by atoms with Gasteiger partial charge in [0, 0.05) is 64.3 Å². The van der Waals surface area contributed by atoms with E-state index < -0.39 is 48.8 Å². The molecule has 4 saturated heterocycles. The van der Waals surface area contributed by atoms with E-state index in [0.29, 0.717) is 19.6 Å². The summed E-state index contributed by atoms with van der Waals surface area (Å²) in [5.74, 6) is -1.80. The van der Waals surface area contributed by atoms with E-state index in [1.807, 2.05) is 7.05 Å². The predicted molar refractivity (Wildman–Crippen MR) is 105 cm³/mol. The third kappa shape index (κ3) is 4.45. The Labute approximate surface area is 174 Å². The number of nitrogens with two attached hydrogens (primary N) is 1. The van der Waals surface area contributed by atoms with Gasteiger partial charge in [0.15, 0.2) is 0 Å². The third-order valence-corrected chi connectivity index (χ3v) is 6.83. The lowest BCUT2D eigenvalue weighted by Crippen LogP contribution is -2.68. The first-order valence-electron chi connectivity index (χ1n) is 10.7. The van der Waals surface area contributed by atoms with Crippen molar-refractivity contribution in [2.75, 3.05) is 59.4 Å². The van der Waals surface area contributed by atoms with Crippen LogP contribution in [0.15, 0.2) is 0 Å². The van der Waals surface area contributed by atoms with Crippen LogP contribution >= 0.6 is 0 Å². The quantitative estimate of drug-likeness (QED) is 0.333. The van der Waals surface area contributed by atoms with E-state index in [1.54, 1.807) is 5.01 Å². The zero-order valence-electron chi connectivity index (χ0n) is 17.2. The number of likely N-dealkylation sites (N-methyl/N-ethyl adjacent to an activating group) is 1. The Balaban J connectivity index is 1.47. The van der Waals surface area contributed by atoms with Crippen LogP contribution in [0.2, 0.25) is 0 Å². The van der Waals surface area contributed by atoms with Gasteiger partial charge in [-0.25, -0.2) is 23.6 Å². The number of fused-ring (bicyclic) bond motifs is 1. The maximum atomic E-state index is 13.9. The van der Waals surface area contributed by atoms with Crippen LogP contribution in [0.5, 0.6) is 0 Å². The van der Waals surface area contributed by atoms with Crippen molar-refractivity contribution in [1.29, 1.82) is 0 Å². The molecule has 9 nitrogen and oxygen atoms in total. The molecule has 7 atom stereocenters. The Morgan fingerprint density at radius 3 is 2.60 bits per heavy atom. The molecule has 4 heterocycles. The van der Waals surface area contributed by atoms with Gasteiger partial charge < -0.3 is 21.3 Å². The van der Waals surface area contributed by atoms with Gasteiger partial charge in [-0.2, -0.15) is 0 Å². The monoisotopic (exact) mass is 434 g/mol. The summed E-state index contributed by atoms with van der Waals surface area (Å²) in [6, 6.07) is -0.896. The number of alkyl halides is 3. The van der Waals surface area contributed by atoms with Gasteiger partial charge in [-0.15, -0.1) is 0 Å². The van der Waals surface area contributed by atoms with Crippen LogP contribution < -0.4 is 27.1 Å². The summed E-state index contributed by atoms with van der Waals surface area (Å²) in [5.41, 5.74) is 9.09. The number of piperazine rings is 1. The van der Waals surface area contributed by atoms with E-state index in [0.717, 1.165) is 13.1 Å². The highest BCUT2D eigenvalue weighted by molar-refractivity contribution is 5.81. The summed E-state index contributed by atoms with van der Waals surface area (Å²) in [6.07, 6.45) is -4.61. The van der Waals surface area contributed by atoms with E-state index in [1.165, 1.54) is 0 Å². The molecule has 12 heteroatoms. The molecule has 30 heavy (non-hydrogen) atoms. The second-order valence-corrected chi connectivity index (χ2v) is 8.88. The minimum atomic E-state index is -2.48. The molecule has 0 aromatic rings. The van der Waals surface area contributed by atoms with Crippen LogP contribution in [0.25, 0.3) is 0 Å². The van der Waals surface area contributed by atoms with Gasteiger partial charge >= 0.3 is 0 Å². The topological polar surface area (TPSA) is 101 Å². The van der Waals surface area contributed by atoms with Gasteiger partial charge in [-0.1, -0.05) is 0 Å². The molecular formula is C18H33F3N8O. The number of amides is 1. The number of carbonyl (C=O) groups excluding carboxylic acids is 1. The summed E-state index contributed by atoms with van der Waals surface area (Å²) < 4.78 is 41.4. The molecule has 0 aliphatic carbocycles. The van der Waals surface area contributed by atoms with Gasteiger partial charge in [-0.3, -0.25) is 15.0 Å². The van der Waals surface area contributed by atoms with Crippen molar-refractivity contribution in [1.82, 2.24) is 36.2 Å². The molecular weight excluding hydrogens is 401 g/mol. The lowest BCUT2D eigenvalue weighted by atomic mass is 9.87. The normalized spacial score (nSPS) is 41.7. The van der Waals surface area contributed by atoms with Crippen LogP contribution in [-0.2, 0) is 4.79 Å². The minimum Gasteiger partial charge on any atom is -0.350 e. The van der Waals surface area contributed by atoms with Crippen LogP contribution in [0.4, 0.5) is 13.2 Å². The molecule has 4 fully saturated rings. The van der Waals surface area contributed by atoms with Gasteiger partial charge in [-0.05, 0) is 7.05 Å². The lowest BCUT2D eigenvalue weighted by molar-refractivity contribution is -0.129. The van der Waals surface area contributed by atoms with Gasteiger partial charge in [0.05, 0.1) is 24.3 Å². The molecule has 4 aliphatic rings. The number of hydrazine groups is 1. The highest BCUT2D eigenvalue weighted by atomic mass is 19.3. The Bertz CT molecular complexity index is 608. The van der Waals surface area contributed by atoms with Crippen molar-refractivity contribution in [2.24, 2.45) is 17.6 Å². The van der Waals surface area contributed by atoms with Crippen molar-refractivity contribution in [3.8, 4) is 0 Å². The molecule has 4 aliphatic heterocycles. The number of hydrogen-bond acceptors (Lipinski definition) is 8. The summed E-state index contributed by atoms with van der Waals surface area (Å²) in [7, 11) is 2.02. The van der Waals surface area contributed by atoms with Gasteiger partial charge in [0.1, 0.15) is 6.17 Å². The fraction of sp³-hybridized carbons (Fsp3) is 0.944. The van der Waals surface area contributed by atoms with Crippen LogP contribution in [0.3, 0.4) is 0 Å². The largest absolute Gasteiger partial charge is 0.350 e. The average molecular weight is 435 g/mol. The second kappa shape index (κ2) is 9.23. The number of carbonyl (C=O) groups is 1. The fourth-order valence-electron chi connectivity index (χ4n) is 5.22. The van der Waals surface area contributed by atoms with E-state index in [2.05, 4.69) is 31.2 Å². The third-order valence-electron chi connectivity index (χ3n) is 6.83. The SMILES string of the molecule is CN1CCN(C2C(NC(=O)C3C(N)NN4CC(F)CNC34)CNCC2C(F)F)CC1. The van der Waals surface area contributed by atoms with Crippen LogP contribution in [0.1, 0.15) is 0 Å². The van der Waals surface area contributed by atoms with Crippen molar-refractivity contribution < 1.29 is 18.0 Å². The summed E-state index contributed by atoms with van der Waals surface area (Å²) in [4.78, 5) is 17.4. The first-order chi connectivity index (χ1) is 14.3. The standard InChI is InChI=1S/C18H33F3N8O/c1-27-2-4-28(5-3-27)14-11(15(20)21)7-23-8-12(14)25-18(30)13-16(22)26-29-9-10(19)6-24-17(13)29/h10-17,23-24,26H,2-9,22H2,1H3,(H,25,30). The molecule has 0 radical (unpaired) electrons. The summed E-state index contributed by atoms with van der Waals surface area (Å²) in [6.45, 7) is 3.96. The smallest absolute Gasteiger partial charge is 0.244 e. The molecule has 4 rings (SSSR count). The number of nitrogens with one attached hydrogen (secondary N) is 4. The van der Waals surface area contributed by atoms with Gasteiger partial charge in [0.2, 0.25) is 12.3 Å². The number of piperidine rings is 1. The molecule has 0 bridgehead atoms. The molecule has 0 spiro atoms.